The molecule has 2 atom stereocenters. The highest BCUT2D eigenvalue weighted by Gasteiger charge is 2.13. The number of hydrogen-bond donors (Lipinski definition) is 1. The summed E-state index contributed by atoms with van der Waals surface area (Å²) in [7, 11) is 0. The highest BCUT2D eigenvalue weighted by atomic mass is 14.9. The van der Waals surface area contributed by atoms with Gasteiger partial charge in [-0.2, -0.15) is 0 Å². The Kier molecular flexibility index (Phi) is 6.09. The summed E-state index contributed by atoms with van der Waals surface area (Å²) < 4.78 is 0. The lowest BCUT2D eigenvalue weighted by Gasteiger charge is -2.24. The average Bonchev–Trinajstić information content (AvgIpc) is 2.06. The SMILES string of the molecule is C=CC(C)NC(C)C(CC)CC. The molecule has 0 spiro atoms. The summed E-state index contributed by atoms with van der Waals surface area (Å²) in [6, 6.07) is 1.04. The molecular formula is C11H23N. The predicted molar refractivity (Wildman–Crippen MR) is 56.3 cm³/mol. The average molecular weight is 169 g/mol. The largest absolute Gasteiger partial charge is 0.308 e. The maximum absolute atomic E-state index is 3.76. The van der Waals surface area contributed by atoms with Crippen molar-refractivity contribution in [1.29, 1.82) is 0 Å². The Morgan fingerprint density at radius 3 is 2.08 bits per heavy atom. The summed E-state index contributed by atoms with van der Waals surface area (Å²) in [4.78, 5) is 0. The van der Waals surface area contributed by atoms with E-state index < -0.39 is 0 Å². The highest BCUT2D eigenvalue weighted by Crippen LogP contribution is 2.12. The molecule has 0 aromatic carbocycles. The van der Waals surface area contributed by atoms with Crippen LogP contribution in [0.4, 0.5) is 0 Å². The Balaban J connectivity index is 3.82. The van der Waals surface area contributed by atoms with Crippen LogP contribution in [0.5, 0.6) is 0 Å². The smallest absolute Gasteiger partial charge is 0.0221 e. The van der Waals surface area contributed by atoms with Crippen molar-refractivity contribution in [1.82, 2.24) is 5.32 Å². The van der Waals surface area contributed by atoms with E-state index >= 15 is 0 Å². The van der Waals surface area contributed by atoms with Gasteiger partial charge in [0.1, 0.15) is 0 Å². The zero-order chi connectivity index (χ0) is 9.56. The standard InChI is InChI=1S/C11H23N/c1-6-9(4)12-10(5)11(7-2)8-3/h6,9-12H,1,7-8H2,2-5H3. The van der Waals surface area contributed by atoms with Gasteiger partial charge in [0.05, 0.1) is 0 Å². The summed E-state index contributed by atoms with van der Waals surface area (Å²) in [5, 5.41) is 3.51. The van der Waals surface area contributed by atoms with Crippen LogP contribution in [-0.4, -0.2) is 12.1 Å². The fraction of sp³-hybridized carbons (Fsp3) is 0.818. The molecule has 0 fully saturated rings. The second-order valence-electron chi connectivity index (χ2n) is 3.56. The Hall–Kier alpha value is -0.300. The minimum Gasteiger partial charge on any atom is -0.308 e. The zero-order valence-electron chi connectivity index (χ0n) is 8.93. The Morgan fingerprint density at radius 2 is 1.75 bits per heavy atom. The third-order valence-corrected chi connectivity index (χ3v) is 2.64. The lowest BCUT2D eigenvalue weighted by Crippen LogP contribution is -2.38. The molecule has 0 heterocycles. The van der Waals surface area contributed by atoms with Crippen LogP contribution in [0.3, 0.4) is 0 Å². The van der Waals surface area contributed by atoms with Crippen molar-refractivity contribution in [3.05, 3.63) is 12.7 Å². The van der Waals surface area contributed by atoms with E-state index in [1.165, 1.54) is 12.8 Å². The van der Waals surface area contributed by atoms with Gasteiger partial charge in [-0.3, -0.25) is 0 Å². The highest BCUT2D eigenvalue weighted by molar-refractivity contribution is 4.84. The Bertz CT molecular complexity index is 116. The molecule has 1 nitrogen and oxygen atoms in total. The molecule has 0 aliphatic rings. The van der Waals surface area contributed by atoms with Gasteiger partial charge in [0, 0.05) is 12.1 Å². The molecule has 0 saturated heterocycles. The zero-order valence-corrected chi connectivity index (χ0v) is 8.93. The van der Waals surface area contributed by atoms with E-state index in [0.717, 1.165) is 5.92 Å². The quantitative estimate of drug-likeness (QED) is 0.603. The van der Waals surface area contributed by atoms with Crippen molar-refractivity contribution >= 4 is 0 Å². The summed E-state index contributed by atoms with van der Waals surface area (Å²) in [5.41, 5.74) is 0. The molecule has 0 rings (SSSR count). The summed E-state index contributed by atoms with van der Waals surface area (Å²) in [5.74, 6) is 0.799. The van der Waals surface area contributed by atoms with Crippen LogP contribution in [0, 0.1) is 5.92 Å². The Labute approximate surface area is 77.2 Å². The monoisotopic (exact) mass is 169 g/mol. The molecule has 2 unspecified atom stereocenters. The van der Waals surface area contributed by atoms with E-state index in [2.05, 4.69) is 39.6 Å². The maximum atomic E-state index is 3.76. The first kappa shape index (κ1) is 11.7. The van der Waals surface area contributed by atoms with Crippen LogP contribution >= 0.6 is 0 Å². The van der Waals surface area contributed by atoms with Crippen molar-refractivity contribution in [2.45, 2.75) is 52.6 Å². The van der Waals surface area contributed by atoms with Crippen molar-refractivity contribution in [3.8, 4) is 0 Å². The fourth-order valence-corrected chi connectivity index (χ4v) is 1.61. The molecule has 0 aliphatic carbocycles. The van der Waals surface area contributed by atoms with Gasteiger partial charge in [-0.1, -0.05) is 32.8 Å². The van der Waals surface area contributed by atoms with Crippen LogP contribution in [0.25, 0.3) is 0 Å². The minimum absolute atomic E-state index is 0.431. The topological polar surface area (TPSA) is 12.0 Å². The van der Waals surface area contributed by atoms with Gasteiger partial charge in [0.25, 0.3) is 0 Å². The minimum atomic E-state index is 0.431. The second-order valence-corrected chi connectivity index (χ2v) is 3.56. The third kappa shape index (κ3) is 3.91. The molecule has 0 bridgehead atoms. The molecular weight excluding hydrogens is 146 g/mol. The van der Waals surface area contributed by atoms with Crippen LogP contribution in [0.2, 0.25) is 0 Å². The normalized spacial score (nSPS) is 16.1. The van der Waals surface area contributed by atoms with Gasteiger partial charge in [-0.05, 0) is 19.8 Å². The first-order chi connectivity index (χ1) is 5.65. The van der Waals surface area contributed by atoms with E-state index in [4.69, 9.17) is 0 Å². The van der Waals surface area contributed by atoms with Gasteiger partial charge in [0.15, 0.2) is 0 Å². The molecule has 0 saturated carbocycles. The third-order valence-electron chi connectivity index (χ3n) is 2.64. The summed E-state index contributed by atoms with van der Waals surface area (Å²) in [6.07, 6.45) is 4.47. The molecule has 0 amide bonds. The van der Waals surface area contributed by atoms with Crippen molar-refractivity contribution < 1.29 is 0 Å². The van der Waals surface area contributed by atoms with Crippen molar-refractivity contribution in [2.24, 2.45) is 5.92 Å². The molecule has 0 aromatic rings. The lowest BCUT2D eigenvalue weighted by molar-refractivity contribution is 0.343. The number of nitrogens with one attached hydrogen (secondary N) is 1. The van der Waals surface area contributed by atoms with Gasteiger partial charge in [-0.25, -0.2) is 0 Å². The van der Waals surface area contributed by atoms with Crippen LogP contribution in [0.15, 0.2) is 12.7 Å². The molecule has 0 aliphatic heterocycles. The molecule has 1 heteroatoms. The fourth-order valence-electron chi connectivity index (χ4n) is 1.61. The predicted octanol–water partition coefficient (Wildman–Crippen LogP) is 2.98. The van der Waals surface area contributed by atoms with Crippen molar-refractivity contribution in [2.75, 3.05) is 0 Å². The van der Waals surface area contributed by atoms with Crippen LogP contribution < -0.4 is 5.32 Å². The van der Waals surface area contributed by atoms with E-state index in [1.807, 2.05) is 6.08 Å². The molecule has 0 radical (unpaired) electrons. The van der Waals surface area contributed by atoms with Gasteiger partial charge in [0.2, 0.25) is 0 Å². The second kappa shape index (κ2) is 6.24. The summed E-state index contributed by atoms with van der Waals surface area (Å²) in [6.45, 7) is 12.7. The Morgan fingerprint density at radius 1 is 1.25 bits per heavy atom. The molecule has 12 heavy (non-hydrogen) atoms. The van der Waals surface area contributed by atoms with E-state index in [9.17, 15) is 0 Å². The van der Waals surface area contributed by atoms with Gasteiger partial charge in [-0.15, -0.1) is 6.58 Å². The van der Waals surface area contributed by atoms with Gasteiger partial charge < -0.3 is 5.32 Å². The molecule has 72 valence electrons. The van der Waals surface area contributed by atoms with Gasteiger partial charge >= 0.3 is 0 Å². The van der Waals surface area contributed by atoms with Crippen LogP contribution in [-0.2, 0) is 0 Å². The molecule has 0 aromatic heterocycles. The van der Waals surface area contributed by atoms with E-state index in [-0.39, 0.29) is 0 Å². The van der Waals surface area contributed by atoms with Crippen molar-refractivity contribution in [3.63, 3.8) is 0 Å². The summed E-state index contributed by atoms with van der Waals surface area (Å²) >= 11 is 0. The first-order valence-electron chi connectivity index (χ1n) is 5.04. The number of hydrogen-bond acceptors (Lipinski definition) is 1. The molecule has 1 N–H and O–H groups in total. The first-order valence-corrected chi connectivity index (χ1v) is 5.04. The lowest BCUT2D eigenvalue weighted by atomic mass is 9.95. The van der Waals surface area contributed by atoms with E-state index in [1.54, 1.807) is 0 Å². The number of rotatable bonds is 6. The maximum Gasteiger partial charge on any atom is 0.0221 e. The van der Waals surface area contributed by atoms with E-state index in [0.29, 0.717) is 12.1 Å². The van der Waals surface area contributed by atoms with Crippen LogP contribution in [0.1, 0.15) is 40.5 Å².